The normalized spacial score (nSPS) is 10.5. The largest absolute Gasteiger partial charge is 0.465 e. The van der Waals surface area contributed by atoms with E-state index in [0.717, 1.165) is 0 Å². The topological polar surface area (TPSA) is 64.1 Å². The maximum absolute atomic E-state index is 14.1. The Bertz CT molecular complexity index is 984. The lowest BCUT2D eigenvalue weighted by molar-refractivity contribution is 0.0601. The van der Waals surface area contributed by atoms with Crippen LogP contribution in [-0.2, 0) is 4.74 Å². The fourth-order valence-electron chi connectivity index (χ4n) is 2.30. The average Bonchev–Trinajstić information content (AvgIpc) is 2.65. The van der Waals surface area contributed by atoms with Gasteiger partial charge in [-0.25, -0.2) is 9.18 Å². The number of ether oxygens (including phenoxy) is 1. The third-order valence-electron chi connectivity index (χ3n) is 3.56. The summed E-state index contributed by atoms with van der Waals surface area (Å²) >= 11 is 9.36. The summed E-state index contributed by atoms with van der Waals surface area (Å²) in [5, 5.41) is 3.52. The standard InChI is InChI=1S/C18H12BrClFN3O2/c1-26-18(25)12-8-22-5-4-15(12)24-17-7-16(23-9-13(17)19)11-6-10(20)2-3-14(11)21/h2-9H,1H3,(H,22,23,24). The first kappa shape index (κ1) is 18.3. The van der Waals surface area contributed by atoms with Crippen LogP contribution in [0.15, 0.2) is 53.4 Å². The number of hydrogen-bond acceptors (Lipinski definition) is 5. The monoisotopic (exact) mass is 435 g/mol. The molecular weight excluding hydrogens is 425 g/mol. The van der Waals surface area contributed by atoms with E-state index in [0.29, 0.717) is 26.6 Å². The molecular formula is C18H12BrClFN3O2. The number of nitrogens with zero attached hydrogens (tertiary/aromatic N) is 2. The number of methoxy groups -OCH3 is 1. The number of rotatable bonds is 4. The zero-order valence-corrected chi connectivity index (χ0v) is 15.8. The number of esters is 1. The predicted molar refractivity (Wildman–Crippen MR) is 101 cm³/mol. The van der Waals surface area contributed by atoms with Crippen LogP contribution in [0.4, 0.5) is 15.8 Å². The molecule has 5 nitrogen and oxygen atoms in total. The molecule has 2 heterocycles. The van der Waals surface area contributed by atoms with Crippen molar-refractivity contribution >= 4 is 44.9 Å². The number of anilines is 2. The third-order valence-corrected chi connectivity index (χ3v) is 4.42. The zero-order valence-electron chi connectivity index (χ0n) is 13.5. The van der Waals surface area contributed by atoms with Crippen LogP contribution in [0, 0.1) is 5.82 Å². The highest BCUT2D eigenvalue weighted by atomic mass is 79.9. The highest BCUT2D eigenvalue weighted by Crippen LogP contribution is 2.32. The predicted octanol–water partition coefficient (Wildman–Crippen LogP) is 5.23. The Morgan fingerprint density at radius 3 is 2.81 bits per heavy atom. The SMILES string of the molecule is COC(=O)c1cnccc1Nc1cc(-c2cc(Cl)ccc2F)ncc1Br. The first-order valence-corrected chi connectivity index (χ1v) is 8.57. The Hall–Kier alpha value is -2.51. The van der Waals surface area contributed by atoms with Crippen molar-refractivity contribution in [2.24, 2.45) is 0 Å². The van der Waals surface area contributed by atoms with Crippen molar-refractivity contribution in [2.45, 2.75) is 0 Å². The number of pyridine rings is 2. The summed E-state index contributed by atoms with van der Waals surface area (Å²) in [5.41, 5.74) is 2.02. The number of carbonyl (C=O) groups is 1. The Kier molecular flexibility index (Phi) is 5.49. The first-order valence-electron chi connectivity index (χ1n) is 7.40. The molecule has 0 fully saturated rings. The van der Waals surface area contributed by atoms with Gasteiger partial charge in [0.05, 0.1) is 28.7 Å². The van der Waals surface area contributed by atoms with E-state index in [-0.39, 0.29) is 11.1 Å². The van der Waals surface area contributed by atoms with E-state index in [1.54, 1.807) is 18.3 Å². The van der Waals surface area contributed by atoms with E-state index in [9.17, 15) is 9.18 Å². The van der Waals surface area contributed by atoms with Gasteiger partial charge in [0.15, 0.2) is 0 Å². The van der Waals surface area contributed by atoms with Gasteiger partial charge in [0.2, 0.25) is 0 Å². The second-order valence-corrected chi connectivity index (χ2v) is 6.50. The van der Waals surface area contributed by atoms with Crippen molar-refractivity contribution in [2.75, 3.05) is 12.4 Å². The molecule has 0 bridgehead atoms. The molecule has 0 aliphatic rings. The van der Waals surface area contributed by atoms with Crippen LogP contribution in [0.2, 0.25) is 5.02 Å². The quantitative estimate of drug-likeness (QED) is 0.568. The van der Waals surface area contributed by atoms with Gasteiger partial charge in [-0.3, -0.25) is 9.97 Å². The highest BCUT2D eigenvalue weighted by molar-refractivity contribution is 9.10. The molecule has 3 rings (SSSR count). The number of carbonyl (C=O) groups excluding carboxylic acids is 1. The third kappa shape index (κ3) is 3.84. The smallest absolute Gasteiger partial charge is 0.341 e. The van der Waals surface area contributed by atoms with E-state index >= 15 is 0 Å². The molecule has 0 saturated heterocycles. The second kappa shape index (κ2) is 7.80. The molecule has 0 atom stereocenters. The lowest BCUT2D eigenvalue weighted by Gasteiger charge is -2.13. The van der Waals surface area contributed by atoms with Crippen molar-refractivity contribution in [3.05, 3.63) is 69.8 Å². The van der Waals surface area contributed by atoms with Gasteiger partial charge < -0.3 is 10.1 Å². The Morgan fingerprint density at radius 1 is 1.23 bits per heavy atom. The minimum absolute atomic E-state index is 0.272. The molecule has 2 aromatic heterocycles. The van der Waals surface area contributed by atoms with E-state index in [4.69, 9.17) is 16.3 Å². The van der Waals surface area contributed by atoms with E-state index in [1.165, 1.54) is 37.7 Å². The van der Waals surface area contributed by atoms with Crippen LogP contribution in [0.5, 0.6) is 0 Å². The van der Waals surface area contributed by atoms with E-state index in [2.05, 4.69) is 31.2 Å². The minimum Gasteiger partial charge on any atom is -0.465 e. The van der Waals surface area contributed by atoms with E-state index < -0.39 is 11.8 Å². The van der Waals surface area contributed by atoms with Gasteiger partial charge in [0, 0.05) is 29.2 Å². The Balaban J connectivity index is 2.02. The van der Waals surface area contributed by atoms with Gasteiger partial charge in [-0.2, -0.15) is 0 Å². The Morgan fingerprint density at radius 2 is 2.04 bits per heavy atom. The van der Waals surface area contributed by atoms with Crippen LogP contribution >= 0.6 is 27.5 Å². The molecule has 0 saturated carbocycles. The second-order valence-electron chi connectivity index (χ2n) is 5.21. The average molecular weight is 437 g/mol. The lowest BCUT2D eigenvalue weighted by atomic mass is 10.1. The zero-order chi connectivity index (χ0) is 18.7. The summed E-state index contributed by atoms with van der Waals surface area (Å²) in [6, 6.07) is 7.55. The summed E-state index contributed by atoms with van der Waals surface area (Å²) < 4.78 is 19.5. The lowest BCUT2D eigenvalue weighted by Crippen LogP contribution is -2.06. The molecule has 0 radical (unpaired) electrons. The molecule has 1 N–H and O–H groups in total. The van der Waals surface area contributed by atoms with Crippen LogP contribution in [0.3, 0.4) is 0 Å². The van der Waals surface area contributed by atoms with Crippen molar-refractivity contribution in [3.8, 4) is 11.3 Å². The number of hydrogen-bond donors (Lipinski definition) is 1. The van der Waals surface area contributed by atoms with Crippen LogP contribution in [-0.4, -0.2) is 23.0 Å². The van der Waals surface area contributed by atoms with Gasteiger partial charge in [-0.1, -0.05) is 11.6 Å². The van der Waals surface area contributed by atoms with Gasteiger partial charge in [-0.05, 0) is 46.3 Å². The molecule has 0 spiro atoms. The highest BCUT2D eigenvalue weighted by Gasteiger charge is 2.15. The van der Waals surface area contributed by atoms with Crippen molar-refractivity contribution < 1.29 is 13.9 Å². The van der Waals surface area contributed by atoms with Gasteiger partial charge in [-0.15, -0.1) is 0 Å². The maximum atomic E-state index is 14.1. The molecule has 8 heteroatoms. The molecule has 1 aromatic carbocycles. The summed E-state index contributed by atoms with van der Waals surface area (Å²) in [6.45, 7) is 0. The van der Waals surface area contributed by atoms with Gasteiger partial charge in [0.1, 0.15) is 11.4 Å². The maximum Gasteiger partial charge on any atom is 0.341 e. The summed E-state index contributed by atoms with van der Waals surface area (Å²) in [6.07, 6.45) is 4.49. The first-order chi connectivity index (χ1) is 12.5. The fraction of sp³-hybridized carbons (Fsp3) is 0.0556. The minimum atomic E-state index is -0.521. The summed E-state index contributed by atoms with van der Waals surface area (Å²) in [4.78, 5) is 20.1. The molecule has 132 valence electrons. The van der Waals surface area contributed by atoms with Crippen molar-refractivity contribution in [1.29, 1.82) is 0 Å². The number of halogens is 3. The van der Waals surface area contributed by atoms with Crippen LogP contribution < -0.4 is 5.32 Å². The molecule has 0 unspecified atom stereocenters. The Labute approximate surface area is 162 Å². The van der Waals surface area contributed by atoms with Crippen molar-refractivity contribution in [1.82, 2.24) is 9.97 Å². The number of benzene rings is 1. The number of aromatic nitrogens is 2. The molecule has 0 aliphatic carbocycles. The molecule has 0 aliphatic heterocycles. The fourth-order valence-corrected chi connectivity index (χ4v) is 2.78. The van der Waals surface area contributed by atoms with Gasteiger partial charge >= 0.3 is 5.97 Å². The molecule has 0 amide bonds. The summed E-state index contributed by atoms with van der Waals surface area (Å²) in [7, 11) is 1.29. The van der Waals surface area contributed by atoms with Crippen LogP contribution in [0.25, 0.3) is 11.3 Å². The van der Waals surface area contributed by atoms with Crippen molar-refractivity contribution in [3.63, 3.8) is 0 Å². The van der Waals surface area contributed by atoms with Crippen LogP contribution in [0.1, 0.15) is 10.4 Å². The molecule has 26 heavy (non-hydrogen) atoms. The number of nitrogens with one attached hydrogen (secondary N) is 1. The van der Waals surface area contributed by atoms with Gasteiger partial charge in [0.25, 0.3) is 0 Å². The molecule has 3 aromatic rings. The van der Waals surface area contributed by atoms with E-state index in [1.807, 2.05) is 0 Å². The summed E-state index contributed by atoms with van der Waals surface area (Å²) in [5.74, 6) is -0.957.